The largest absolute Gasteiger partial charge is 0.361 e. The summed E-state index contributed by atoms with van der Waals surface area (Å²) in [6.07, 6.45) is 21.0. The van der Waals surface area contributed by atoms with E-state index in [1.54, 1.807) is 0 Å². The molecule has 44 heavy (non-hydrogen) atoms. The standard InChI is InChI=1S/C40H68N2O2/c1-5-9-13-15-19-31-41(29-17-11-7-3)35-43-33-37-21-25-39(26-22-37)40-27-23-38(24-28-40)34-44-36-42(30-18-12-8-4)32-20-16-14-10-6-2/h21-28H,5-20,29-36H2,1-4H3. The summed E-state index contributed by atoms with van der Waals surface area (Å²) in [4.78, 5) is 5.03. The van der Waals surface area contributed by atoms with Gasteiger partial charge in [-0.1, -0.05) is 153 Å². The molecule has 0 aliphatic heterocycles. The minimum absolute atomic E-state index is 0.671. The van der Waals surface area contributed by atoms with Gasteiger partial charge in [-0.2, -0.15) is 0 Å². The van der Waals surface area contributed by atoms with Gasteiger partial charge in [-0.15, -0.1) is 0 Å². The molecular weight excluding hydrogens is 540 g/mol. The summed E-state index contributed by atoms with van der Waals surface area (Å²) >= 11 is 0. The summed E-state index contributed by atoms with van der Waals surface area (Å²) in [5.74, 6) is 0. The molecule has 250 valence electrons. The number of ether oxygens (including phenoxy) is 2. The quantitative estimate of drug-likeness (QED) is 0.0677. The second-order valence-electron chi connectivity index (χ2n) is 12.8. The highest BCUT2D eigenvalue weighted by atomic mass is 16.5. The van der Waals surface area contributed by atoms with Crippen LogP contribution in [0.2, 0.25) is 0 Å². The van der Waals surface area contributed by atoms with Gasteiger partial charge < -0.3 is 9.47 Å². The Morgan fingerprint density at radius 1 is 0.386 bits per heavy atom. The number of hydrogen-bond acceptors (Lipinski definition) is 4. The van der Waals surface area contributed by atoms with Gasteiger partial charge in [0.05, 0.1) is 26.7 Å². The third-order valence-electron chi connectivity index (χ3n) is 8.64. The molecule has 4 nitrogen and oxygen atoms in total. The Labute approximate surface area is 272 Å². The average molecular weight is 609 g/mol. The van der Waals surface area contributed by atoms with Crippen molar-refractivity contribution in [1.29, 1.82) is 0 Å². The molecule has 0 amide bonds. The van der Waals surface area contributed by atoms with E-state index in [9.17, 15) is 0 Å². The number of benzene rings is 2. The average Bonchev–Trinajstić information content (AvgIpc) is 3.05. The molecule has 0 N–H and O–H groups in total. The summed E-state index contributed by atoms with van der Waals surface area (Å²) in [6.45, 7) is 16.5. The van der Waals surface area contributed by atoms with Gasteiger partial charge in [0.1, 0.15) is 0 Å². The van der Waals surface area contributed by atoms with Crippen LogP contribution in [0.25, 0.3) is 11.1 Å². The number of nitrogens with zero attached hydrogens (tertiary/aromatic N) is 2. The van der Waals surface area contributed by atoms with Gasteiger partial charge in [0.15, 0.2) is 0 Å². The van der Waals surface area contributed by atoms with Gasteiger partial charge in [-0.3, -0.25) is 9.80 Å². The number of hydrogen-bond donors (Lipinski definition) is 0. The van der Waals surface area contributed by atoms with Crippen LogP contribution in [0.5, 0.6) is 0 Å². The third kappa shape index (κ3) is 18.3. The van der Waals surface area contributed by atoms with Gasteiger partial charge in [0.2, 0.25) is 0 Å². The molecule has 0 aliphatic rings. The maximum absolute atomic E-state index is 6.18. The summed E-state index contributed by atoms with van der Waals surface area (Å²) < 4.78 is 12.4. The lowest BCUT2D eigenvalue weighted by Crippen LogP contribution is -2.28. The molecule has 0 fully saturated rings. The molecule has 0 atom stereocenters. The smallest absolute Gasteiger partial charge is 0.0994 e. The Hall–Kier alpha value is -1.72. The van der Waals surface area contributed by atoms with Crippen molar-refractivity contribution in [2.75, 3.05) is 39.6 Å². The van der Waals surface area contributed by atoms with E-state index in [2.05, 4.69) is 86.0 Å². The molecule has 0 saturated heterocycles. The molecule has 0 bridgehead atoms. The van der Waals surface area contributed by atoms with Gasteiger partial charge in [-0.25, -0.2) is 0 Å². The zero-order valence-corrected chi connectivity index (χ0v) is 29.3. The predicted octanol–water partition coefficient (Wildman–Crippen LogP) is 11.2. The van der Waals surface area contributed by atoms with Crippen molar-refractivity contribution in [3.63, 3.8) is 0 Å². The van der Waals surface area contributed by atoms with E-state index >= 15 is 0 Å². The number of unbranched alkanes of at least 4 members (excludes halogenated alkanes) is 12. The lowest BCUT2D eigenvalue weighted by Gasteiger charge is -2.22. The Bertz CT molecular complexity index is 823. The van der Waals surface area contributed by atoms with Crippen LogP contribution in [-0.2, 0) is 22.7 Å². The first-order valence-corrected chi connectivity index (χ1v) is 18.5. The van der Waals surface area contributed by atoms with Crippen LogP contribution in [0.15, 0.2) is 48.5 Å². The zero-order chi connectivity index (χ0) is 31.5. The predicted molar refractivity (Wildman–Crippen MR) is 191 cm³/mol. The molecule has 0 aliphatic carbocycles. The summed E-state index contributed by atoms with van der Waals surface area (Å²) in [7, 11) is 0. The van der Waals surface area contributed by atoms with E-state index in [1.165, 1.54) is 125 Å². The van der Waals surface area contributed by atoms with E-state index in [4.69, 9.17) is 9.47 Å². The first-order chi connectivity index (χ1) is 21.7. The first kappa shape index (κ1) is 38.5. The van der Waals surface area contributed by atoms with E-state index in [0.717, 1.165) is 39.6 Å². The maximum Gasteiger partial charge on any atom is 0.0994 e. The van der Waals surface area contributed by atoms with Crippen LogP contribution in [0.3, 0.4) is 0 Å². The minimum atomic E-state index is 0.671. The Morgan fingerprint density at radius 2 is 0.682 bits per heavy atom. The third-order valence-corrected chi connectivity index (χ3v) is 8.64. The van der Waals surface area contributed by atoms with Crippen molar-refractivity contribution < 1.29 is 9.47 Å². The van der Waals surface area contributed by atoms with Crippen molar-refractivity contribution in [2.24, 2.45) is 0 Å². The molecule has 2 rings (SSSR count). The molecule has 0 radical (unpaired) electrons. The van der Waals surface area contributed by atoms with E-state index < -0.39 is 0 Å². The fourth-order valence-electron chi connectivity index (χ4n) is 5.70. The second-order valence-corrected chi connectivity index (χ2v) is 12.8. The highest BCUT2D eigenvalue weighted by Gasteiger charge is 2.07. The van der Waals surface area contributed by atoms with Crippen molar-refractivity contribution in [1.82, 2.24) is 9.80 Å². The maximum atomic E-state index is 6.18. The van der Waals surface area contributed by atoms with Crippen molar-refractivity contribution in [3.8, 4) is 11.1 Å². The lowest BCUT2D eigenvalue weighted by molar-refractivity contribution is 0.0168. The van der Waals surface area contributed by atoms with E-state index in [0.29, 0.717) is 13.2 Å². The lowest BCUT2D eigenvalue weighted by atomic mass is 10.0. The zero-order valence-electron chi connectivity index (χ0n) is 29.3. The van der Waals surface area contributed by atoms with Gasteiger partial charge >= 0.3 is 0 Å². The molecule has 2 aromatic rings. The molecule has 0 spiro atoms. The molecule has 0 aromatic heterocycles. The Morgan fingerprint density at radius 3 is 1.02 bits per heavy atom. The summed E-state index contributed by atoms with van der Waals surface area (Å²) in [6, 6.07) is 17.8. The Balaban J connectivity index is 1.76. The van der Waals surface area contributed by atoms with Crippen LogP contribution >= 0.6 is 0 Å². The molecule has 0 heterocycles. The topological polar surface area (TPSA) is 24.9 Å². The monoisotopic (exact) mass is 609 g/mol. The molecule has 0 saturated carbocycles. The summed E-state index contributed by atoms with van der Waals surface area (Å²) in [5, 5.41) is 0. The highest BCUT2D eigenvalue weighted by Crippen LogP contribution is 2.21. The molecule has 2 aromatic carbocycles. The fourth-order valence-corrected chi connectivity index (χ4v) is 5.70. The minimum Gasteiger partial charge on any atom is -0.361 e. The second kappa shape index (κ2) is 26.5. The van der Waals surface area contributed by atoms with Crippen LogP contribution in [0.4, 0.5) is 0 Å². The molecular formula is C40H68N2O2. The summed E-state index contributed by atoms with van der Waals surface area (Å²) in [5.41, 5.74) is 4.98. The SMILES string of the molecule is CCCCCCCN(CCCCC)COCc1ccc(-c2ccc(COCN(CCCCC)CCCCCCC)cc2)cc1. The normalized spacial score (nSPS) is 11.7. The van der Waals surface area contributed by atoms with Crippen LogP contribution in [-0.4, -0.2) is 49.4 Å². The van der Waals surface area contributed by atoms with Crippen LogP contribution < -0.4 is 0 Å². The van der Waals surface area contributed by atoms with E-state index in [-0.39, 0.29) is 0 Å². The molecule has 0 unspecified atom stereocenters. The first-order valence-electron chi connectivity index (χ1n) is 18.5. The Kier molecular flexibility index (Phi) is 23.2. The van der Waals surface area contributed by atoms with Crippen LogP contribution in [0, 0.1) is 0 Å². The fraction of sp³-hybridized carbons (Fsp3) is 0.700. The van der Waals surface area contributed by atoms with Crippen molar-refractivity contribution >= 4 is 0 Å². The van der Waals surface area contributed by atoms with Gasteiger partial charge in [0, 0.05) is 26.2 Å². The van der Waals surface area contributed by atoms with Gasteiger partial charge in [-0.05, 0) is 47.9 Å². The van der Waals surface area contributed by atoms with E-state index in [1.807, 2.05) is 0 Å². The van der Waals surface area contributed by atoms with Crippen molar-refractivity contribution in [2.45, 2.75) is 144 Å². The number of rotatable bonds is 29. The van der Waals surface area contributed by atoms with Gasteiger partial charge in [0.25, 0.3) is 0 Å². The highest BCUT2D eigenvalue weighted by molar-refractivity contribution is 5.63. The van der Waals surface area contributed by atoms with Crippen molar-refractivity contribution in [3.05, 3.63) is 59.7 Å². The van der Waals surface area contributed by atoms with Crippen LogP contribution in [0.1, 0.15) is 142 Å². The molecule has 4 heteroatoms.